The summed E-state index contributed by atoms with van der Waals surface area (Å²) in [6.07, 6.45) is 13.2. The van der Waals surface area contributed by atoms with Gasteiger partial charge >= 0.3 is 0 Å². The molecule has 1 aromatic carbocycles. The molecule has 1 aliphatic rings. The third-order valence-corrected chi connectivity index (χ3v) is 5.66. The Morgan fingerprint density at radius 3 is 2.59 bits per heavy atom. The van der Waals surface area contributed by atoms with E-state index >= 15 is 0 Å². The molecule has 1 saturated heterocycles. The van der Waals surface area contributed by atoms with Crippen molar-refractivity contribution in [3.8, 4) is 5.75 Å². The van der Waals surface area contributed by atoms with Gasteiger partial charge in [0.05, 0.1) is 12.3 Å². The van der Waals surface area contributed by atoms with Crippen molar-refractivity contribution in [2.24, 2.45) is 5.92 Å². The molecule has 0 amide bonds. The SMILES string of the molecule is CCCCCc1cnc(N2CCC(CCCOc3ccc(N)c(F)c3)CC2)nc1. The fraction of sp³-hybridized carbons (Fsp3) is 0.565. The van der Waals surface area contributed by atoms with Crippen LogP contribution in [0.25, 0.3) is 0 Å². The van der Waals surface area contributed by atoms with Crippen LogP contribution in [-0.4, -0.2) is 29.7 Å². The van der Waals surface area contributed by atoms with Crippen LogP contribution in [0.1, 0.15) is 57.4 Å². The normalized spacial score (nSPS) is 14.9. The van der Waals surface area contributed by atoms with Crippen LogP contribution in [0.5, 0.6) is 5.75 Å². The number of rotatable bonds is 10. The molecule has 0 aliphatic carbocycles. The van der Waals surface area contributed by atoms with E-state index in [0.717, 1.165) is 51.1 Å². The highest BCUT2D eigenvalue weighted by molar-refractivity contribution is 5.43. The Labute approximate surface area is 173 Å². The van der Waals surface area contributed by atoms with Gasteiger partial charge in [-0.15, -0.1) is 0 Å². The summed E-state index contributed by atoms with van der Waals surface area (Å²) in [6, 6.07) is 4.61. The maximum atomic E-state index is 13.4. The first-order valence-corrected chi connectivity index (χ1v) is 10.9. The molecule has 2 heterocycles. The number of piperidine rings is 1. The third-order valence-electron chi connectivity index (χ3n) is 5.66. The zero-order valence-corrected chi connectivity index (χ0v) is 17.4. The van der Waals surface area contributed by atoms with Gasteiger partial charge in [0.1, 0.15) is 11.6 Å². The van der Waals surface area contributed by atoms with Crippen molar-refractivity contribution < 1.29 is 9.13 Å². The summed E-state index contributed by atoms with van der Waals surface area (Å²) in [6.45, 7) is 4.83. The quantitative estimate of drug-likeness (QED) is 0.449. The second-order valence-electron chi connectivity index (χ2n) is 7.95. The van der Waals surface area contributed by atoms with Crippen LogP contribution in [0.2, 0.25) is 0 Å². The number of benzene rings is 1. The largest absolute Gasteiger partial charge is 0.493 e. The first-order chi connectivity index (χ1) is 14.2. The number of aromatic nitrogens is 2. The van der Waals surface area contributed by atoms with Gasteiger partial charge in [0.25, 0.3) is 0 Å². The number of hydrogen-bond acceptors (Lipinski definition) is 5. The smallest absolute Gasteiger partial charge is 0.225 e. The summed E-state index contributed by atoms with van der Waals surface area (Å²) < 4.78 is 19.1. The number of ether oxygens (including phenoxy) is 1. The monoisotopic (exact) mass is 400 g/mol. The molecule has 1 aromatic heterocycles. The van der Waals surface area contributed by atoms with Crippen LogP contribution in [-0.2, 0) is 6.42 Å². The molecule has 0 radical (unpaired) electrons. The molecular weight excluding hydrogens is 367 g/mol. The highest BCUT2D eigenvalue weighted by atomic mass is 19.1. The van der Waals surface area contributed by atoms with Gasteiger partial charge < -0.3 is 15.4 Å². The summed E-state index contributed by atoms with van der Waals surface area (Å²) in [5.41, 5.74) is 6.87. The second kappa shape index (κ2) is 11.0. The molecular formula is C23H33FN4O. The molecule has 1 aliphatic heterocycles. The van der Waals surface area contributed by atoms with Crippen molar-refractivity contribution in [2.75, 3.05) is 30.3 Å². The van der Waals surface area contributed by atoms with Crippen molar-refractivity contribution in [1.82, 2.24) is 9.97 Å². The lowest BCUT2D eigenvalue weighted by atomic mass is 9.92. The molecule has 2 aromatic rings. The fourth-order valence-corrected chi connectivity index (χ4v) is 3.80. The van der Waals surface area contributed by atoms with Gasteiger partial charge in [0.2, 0.25) is 5.95 Å². The zero-order valence-electron chi connectivity index (χ0n) is 17.4. The molecule has 29 heavy (non-hydrogen) atoms. The standard InChI is InChI=1S/C23H33FN4O/c1-2-3-4-6-19-16-26-23(27-17-19)28-12-10-18(11-13-28)7-5-14-29-20-8-9-22(25)21(24)15-20/h8-9,15-18H,2-7,10-14,25H2,1H3. The highest BCUT2D eigenvalue weighted by Crippen LogP contribution is 2.25. The molecule has 2 N–H and O–H groups in total. The summed E-state index contributed by atoms with van der Waals surface area (Å²) in [5, 5.41) is 0. The molecule has 158 valence electrons. The molecule has 3 rings (SSSR count). The van der Waals surface area contributed by atoms with Crippen molar-refractivity contribution in [3.05, 3.63) is 42.0 Å². The first-order valence-electron chi connectivity index (χ1n) is 10.9. The predicted molar refractivity (Wildman–Crippen MR) is 116 cm³/mol. The molecule has 0 unspecified atom stereocenters. The average molecular weight is 401 g/mol. The minimum Gasteiger partial charge on any atom is -0.493 e. The topological polar surface area (TPSA) is 64.3 Å². The number of unbranched alkanes of at least 4 members (excludes halogenated alkanes) is 2. The van der Waals surface area contributed by atoms with Crippen molar-refractivity contribution in [2.45, 2.75) is 58.3 Å². The Balaban J connectivity index is 1.34. The lowest BCUT2D eigenvalue weighted by Crippen LogP contribution is -2.35. The fourth-order valence-electron chi connectivity index (χ4n) is 3.80. The Bertz CT molecular complexity index is 745. The van der Waals surface area contributed by atoms with E-state index < -0.39 is 5.82 Å². The van der Waals surface area contributed by atoms with E-state index in [1.54, 1.807) is 12.1 Å². The molecule has 1 fully saturated rings. The second-order valence-corrected chi connectivity index (χ2v) is 7.95. The first kappa shape index (κ1) is 21.3. The van der Waals surface area contributed by atoms with Gasteiger partial charge in [-0.3, -0.25) is 0 Å². The van der Waals surface area contributed by atoms with Crippen LogP contribution in [0.4, 0.5) is 16.0 Å². The number of nitrogens with two attached hydrogens (primary N) is 1. The molecule has 0 atom stereocenters. The molecule has 0 spiro atoms. The highest BCUT2D eigenvalue weighted by Gasteiger charge is 2.20. The summed E-state index contributed by atoms with van der Waals surface area (Å²) in [5.74, 6) is 1.68. The maximum absolute atomic E-state index is 13.4. The summed E-state index contributed by atoms with van der Waals surface area (Å²) in [4.78, 5) is 11.5. The van der Waals surface area contributed by atoms with E-state index in [-0.39, 0.29) is 5.69 Å². The number of nitrogen functional groups attached to an aromatic ring is 1. The van der Waals surface area contributed by atoms with Gasteiger partial charge in [0, 0.05) is 31.5 Å². The molecule has 0 bridgehead atoms. The Morgan fingerprint density at radius 2 is 1.90 bits per heavy atom. The van der Waals surface area contributed by atoms with E-state index in [1.165, 1.54) is 30.9 Å². The number of anilines is 2. The van der Waals surface area contributed by atoms with Gasteiger partial charge in [-0.1, -0.05) is 19.8 Å². The zero-order chi connectivity index (χ0) is 20.5. The van der Waals surface area contributed by atoms with E-state index in [1.807, 2.05) is 12.4 Å². The van der Waals surface area contributed by atoms with Crippen molar-refractivity contribution in [1.29, 1.82) is 0 Å². The molecule has 6 heteroatoms. The van der Waals surface area contributed by atoms with Crippen molar-refractivity contribution >= 4 is 11.6 Å². The van der Waals surface area contributed by atoms with E-state index in [0.29, 0.717) is 18.3 Å². The number of aryl methyl sites for hydroxylation is 1. The van der Waals surface area contributed by atoms with Crippen LogP contribution < -0.4 is 15.4 Å². The van der Waals surface area contributed by atoms with Crippen molar-refractivity contribution in [3.63, 3.8) is 0 Å². The van der Waals surface area contributed by atoms with E-state index in [2.05, 4.69) is 21.8 Å². The average Bonchev–Trinajstić information content (AvgIpc) is 2.75. The number of hydrogen-bond donors (Lipinski definition) is 1. The summed E-state index contributed by atoms with van der Waals surface area (Å²) >= 11 is 0. The minimum atomic E-state index is -0.425. The Hall–Kier alpha value is -2.37. The van der Waals surface area contributed by atoms with Gasteiger partial charge in [0.15, 0.2) is 0 Å². The number of halogens is 1. The number of nitrogens with zero attached hydrogens (tertiary/aromatic N) is 3. The van der Waals surface area contributed by atoms with Crippen LogP contribution in [0.15, 0.2) is 30.6 Å². The van der Waals surface area contributed by atoms with Gasteiger partial charge in [-0.25, -0.2) is 14.4 Å². The van der Waals surface area contributed by atoms with E-state index in [9.17, 15) is 4.39 Å². The summed E-state index contributed by atoms with van der Waals surface area (Å²) in [7, 11) is 0. The lowest BCUT2D eigenvalue weighted by Gasteiger charge is -2.32. The van der Waals surface area contributed by atoms with Crippen LogP contribution in [0.3, 0.4) is 0 Å². The maximum Gasteiger partial charge on any atom is 0.225 e. The lowest BCUT2D eigenvalue weighted by molar-refractivity contribution is 0.278. The molecule has 5 nitrogen and oxygen atoms in total. The predicted octanol–water partition coefficient (Wildman–Crippen LogP) is 5.01. The Morgan fingerprint density at radius 1 is 1.14 bits per heavy atom. The van der Waals surface area contributed by atoms with E-state index in [4.69, 9.17) is 10.5 Å². The Kier molecular flexibility index (Phi) is 8.08. The molecule has 0 saturated carbocycles. The van der Waals surface area contributed by atoms with Gasteiger partial charge in [-0.2, -0.15) is 0 Å². The third kappa shape index (κ3) is 6.58. The van der Waals surface area contributed by atoms with Crippen LogP contribution in [0, 0.1) is 11.7 Å². The van der Waals surface area contributed by atoms with Gasteiger partial charge in [-0.05, 0) is 62.1 Å². The minimum absolute atomic E-state index is 0.152. The van der Waals surface area contributed by atoms with Crippen LogP contribution >= 0.6 is 0 Å².